The topological polar surface area (TPSA) is 78.5 Å². The van der Waals surface area contributed by atoms with Gasteiger partial charge in [0, 0.05) is 30.8 Å². The predicted molar refractivity (Wildman–Crippen MR) is 176 cm³/mol. The lowest BCUT2D eigenvalue weighted by molar-refractivity contribution is -0.115. The van der Waals surface area contributed by atoms with Gasteiger partial charge in [-0.05, 0) is 78.2 Å². The van der Waals surface area contributed by atoms with Crippen molar-refractivity contribution in [2.45, 2.75) is 14.7 Å². The van der Waals surface area contributed by atoms with Crippen molar-refractivity contribution in [3.05, 3.63) is 137 Å². The highest BCUT2D eigenvalue weighted by molar-refractivity contribution is 8.00. The highest BCUT2D eigenvalue weighted by Crippen LogP contribution is 2.48. The second-order valence-electron chi connectivity index (χ2n) is 9.43. The highest BCUT2D eigenvalue weighted by atomic mass is 32.2. The Bertz CT molecular complexity index is 1760. The van der Waals surface area contributed by atoms with Crippen molar-refractivity contribution in [2.24, 2.45) is 0 Å². The van der Waals surface area contributed by atoms with Gasteiger partial charge in [-0.2, -0.15) is 0 Å². The van der Waals surface area contributed by atoms with Gasteiger partial charge in [-0.15, -0.1) is 23.1 Å². The van der Waals surface area contributed by atoms with Gasteiger partial charge < -0.3 is 10.6 Å². The van der Waals surface area contributed by atoms with Crippen molar-refractivity contribution in [3.63, 3.8) is 0 Å². The zero-order valence-electron chi connectivity index (χ0n) is 22.7. The molecule has 2 N–H and O–H groups in total. The van der Waals surface area contributed by atoms with Gasteiger partial charge >= 0.3 is 0 Å². The number of benzene rings is 4. The zero-order chi connectivity index (χ0) is 29.6. The minimum atomic E-state index is -0.437. The van der Waals surface area contributed by atoms with Crippen LogP contribution in [0.5, 0.6) is 0 Å². The quantitative estimate of drug-likeness (QED) is 0.136. The Hall–Kier alpha value is -4.57. The van der Waals surface area contributed by atoms with Crippen LogP contribution in [0, 0.1) is 0 Å². The second kappa shape index (κ2) is 13.2. The molecule has 0 radical (unpaired) electrons. The molecule has 6 nitrogen and oxygen atoms in total. The number of carbonyl (C=O) groups excluding carboxylic acids is 3. The average molecular weight is 620 g/mol. The molecule has 0 spiro atoms. The predicted octanol–water partition coefficient (Wildman–Crippen LogP) is 8.08. The summed E-state index contributed by atoms with van der Waals surface area (Å²) in [4.78, 5) is 45.2. The number of rotatable bonds is 8. The van der Waals surface area contributed by atoms with Crippen molar-refractivity contribution >= 4 is 75.7 Å². The van der Waals surface area contributed by atoms with Crippen molar-refractivity contribution in [1.82, 2.24) is 5.32 Å². The summed E-state index contributed by atoms with van der Waals surface area (Å²) in [5.41, 5.74) is 2.95. The average Bonchev–Trinajstić information content (AvgIpc) is 3.56. The Morgan fingerprint density at radius 1 is 0.744 bits per heavy atom. The third-order valence-corrected chi connectivity index (χ3v) is 9.46. The summed E-state index contributed by atoms with van der Waals surface area (Å²) in [6.45, 7) is 0. The summed E-state index contributed by atoms with van der Waals surface area (Å²) in [5.74, 6) is -0.570. The van der Waals surface area contributed by atoms with E-state index in [1.807, 2.05) is 84.2 Å². The number of nitrogens with zero attached hydrogens (tertiary/aromatic N) is 1. The van der Waals surface area contributed by atoms with Gasteiger partial charge in [-0.3, -0.25) is 19.3 Å². The van der Waals surface area contributed by atoms with E-state index >= 15 is 0 Å². The van der Waals surface area contributed by atoms with Gasteiger partial charge in [0.15, 0.2) is 0 Å². The van der Waals surface area contributed by atoms with Crippen molar-refractivity contribution in [1.29, 1.82) is 0 Å². The van der Waals surface area contributed by atoms with Gasteiger partial charge in [0.2, 0.25) is 5.91 Å². The fraction of sp³-hybridized carbons (Fsp3) is 0.0294. The van der Waals surface area contributed by atoms with Gasteiger partial charge in [-0.1, -0.05) is 60.3 Å². The van der Waals surface area contributed by atoms with E-state index in [0.717, 1.165) is 30.9 Å². The molecule has 5 aromatic rings. The van der Waals surface area contributed by atoms with Crippen LogP contribution in [0.3, 0.4) is 0 Å². The van der Waals surface area contributed by atoms with Gasteiger partial charge in [0.1, 0.15) is 5.70 Å². The normalized spacial score (nSPS) is 12.2. The van der Waals surface area contributed by atoms with Crippen LogP contribution in [0.4, 0.5) is 17.1 Å². The van der Waals surface area contributed by atoms with Crippen molar-refractivity contribution in [2.75, 3.05) is 16.0 Å². The molecule has 1 aliphatic heterocycles. The molecule has 0 aliphatic carbocycles. The molecule has 9 heteroatoms. The van der Waals surface area contributed by atoms with E-state index in [4.69, 9.17) is 0 Å². The summed E-state index contributed by atoms with van der Waals surface area (Å²) < 4.78 is 0. The molecule has 3 amide bonds. The molecule has 212 valence electrons. The van der Waals surface area contributed by atoms with Crippen LogP contribution in [0.25, 0.3) is 6.08 Å². The van der Waals surface area contributed by atoms with E-state index in [1.54, 1.807) is 59.1 Å². The summed E-state index contributed by atoms with van der Waals surface area (Å²) >= 11 is 4.57. The van der Waals surface area contributed by atoms with Crippen LogP contribution < -0.4 is 15.5 Å². The van der Waals surface area contributed by atoms with E-state index < -0.39 is 5.91 Å². The van der Waals surface area contributed by atoms with Crippen molar-refractivity contribution < 1.29 is 14.4 Å². The van der Waals surface area contributed by atoms with Crippen molar-refractivity contribution in [3.8, 4) is 0 Å². The lowest BCUT2D eigenvalue weighted by atomic mass is 10.2. The first-order valence-electron chi connectivity index (χ1n) is 13.4. The first-order valence-corrected chi connectivity index (χ1v) is 16.1. The van der Waals surface area contributed by atoms with Crippen LogP contribution >= 0.6 is 34.9 Å². The first kappa shape index (κ1) is 28.5. The lowest BCUT2D eigenvalue weighted by Gasteiger charge is -2.31. The number of hydrogen-bond donors (Lipinski definition) is 2. The minimum absolute atomic E-state index is 0.0138. The van der Waals surface area contributed by atoms with E-state index in [0.29, 0.717) is 11.3 Å². The molecular weight excluding hydrogens is 595 g/mol. The fourth-order valence-corrected chi connectivity index (χ4v) is 6.94. The Labute approximate surface area is 261 Å². The zero-order valence-corrected chi connectivity index (χ0v) is 25.2. The molecule has 2 heterocycles. The molecule has 6 rings (SSSR count). The maximum Gasteiger partial charge on any atom is 0.272 e. The molecule has 1 aliphatic rings. The van der Waals surface area contributed by atoms with E-state index in [1.165, 1.54) is 23.1 Å². The fourth-order valence-electron chi connectivity index (χ4n) is 4.47. The minimum Gasteiger partial charge on any atom is -0.321 e. The summed E-state index contributed by atoms with van der Waals surface area (Å²) in [5, 5.41) is 7.53. The largest absolute Gasteiger partial charge is 0.321 e. The Morgan fingerprint density at radius 2 is 1.40 bits per heavy atom. The highest BCUT2D eigenvalue weighted by Gasteiger charge is 2.27. The molecule has 0 saturated carbocycles. The molecule has 0 saturated heterocycles. The molecular formula is C34H25N3O3S3. The summed E-state index contributed by atoms with van der Waals surface area (Å²) in [6.07, 6.45) is 1.66. The SMILES string of the molecule is O=C(Nc1ccc(SCC(=O)N2c3ccccc3Sc3ccccc32)cc1)/C(=C/c1cccs1)NC(=O)c1ccccc1. The first-order chi connectivity index (χ1) is 21.0. The number of para-hydroxylation sites is 2. The number of carbonyl (C=O) groups is 3. The number of thioether (sulfide) groups is 1. The standard InChI is InChI=1S/C34H25N3O3S3/c38-32(37-28-12-4-6-14-30(28)43-31-15-7-5-13-29(31)37)22-42-25-18-16-24(17-19-25)35-34(40)27(21-26-11-8-20-41-26)36-33(39)23-9-2-1-3-10-23/h1-21H,22H2,(H,35,40)(H,36,39)/b27-21-. The molecule has 0 atom stereocenters. The van der Waals surface area contributed by atoms with E-state index in [-0.39, 0.29) is 23.3 Å². The summed E-state index contributed by atoms with van der Waals surface area (Å²) in [6, 6.07) is 35.7. The van der Waals surface area contributed by atoms with E-state index in [9.17, 15) is 14.4 Å². The molecule has 0 fully saturated rings. The summed E-state index contributed by atoms with van der Waals surface area (Å²) in [7, 11) is 0. The lowest BCUT2D eigenvalue weighted by Crippen LogP contribution is -2.30. The van der Waals surface area contributed by atoms with E-state index in [2.05, 4.69) is 10.6 Å². The molecule has 1 aromatic heterocycles. The third-order valence-electron chi connectivity index (χ3n) is 6.51. The van der Waals surface area contributed by atoms with Gasteiger partial charge in [0.05, 0.1) is 17.1 Å². The molecule has 4 aromatic carbocycles. The number of thiophene rings is 1. The van der Waals surface area contributed by atoms with Gasteiger partial charge in [0.25, 0.3) is 11.8 Å². The molecule has 0 unspecified atom stereocenters. The number of amides is 3. The van der Waals surface area contributed by atoms with Crippen LogP contribution in [-0.4, -0.2) is 23.5 Å². The Balaban J connectivity index is 1.12. The monoisotopic (exact) mass is 619 g/mol. The number of nitrogens with one attached hydrogen (secondary N) is 2. The maximum atomic E-state index is 13.5. The number of hydrogen-bond acceptors (Lipinski definition) is 6. The number of anilines is 3. The Kier molecular flexibility index (Phi) is 8.74. The van der Waals surface area contributed by atoms with Crippen LogP contribution in [-0.2, 0) is 9.59 Å². The second-order valence-corrected chi connectivity index (χ2v) is 12.5. The molecule has 43 heavy (non-hydrogen) atoms. The van der Waals surface area contributed by atoms with Crippen LogP contribution in [0.2, 0.25) is 0 Å². The third kappa shape index (κ3) is 6.75. The number of fused-ring (bicyclic) bond motifs is 2. The van der Waals surface area contributed by atoms with Gasteiger partial charge in [-0.25, -0.2) is 0 Å². The smallest absolute Gasteiger partial charge is 0.272 e. The molecule has 0 bridgehead atoms. The van der Waals surface area contributed by atoms with Crippen LogP contribution in [0.15, 0.2) is 141 Å². The Morgan fingerprint density at radius 3 is 2.05 bits per heavy atom. The maximum absolute atomic E-state index is 13.5. The van der Waals surface area contributed by atoms with Crippen LogP contribution in [0.1, 0.15) is 15.2 Å².